The molecule has 0 spiro atoms. The number of amides is 1. The van der Waals surface area contributed by atoms with E-state index in [1.165, 1.54) is 7.11 Å². The van der Waals surface area contributed by atoms with Gasteiger partial charge in [0, 0.05) is 18.2 Å². The van der Waals surface area contributed by atoms with Gasteiger partial charge in [-0.3, -0.25) is 4.79 Å². The summed E-state index contributed by atoms with van der Waals surface area (Å²) >= 11 is 1.13. The van der Waals surface area contributed by atoms with Crippen LogP contribution in [0.1, 0.15) is 15.9 Å². The molecule has 162 valence electrons. The van der Waals surface area contributed by atoms with Crippen LogP contribution in [0.3, 0.4) is 0 Å². The van der Waals surface area contributed by atoms with Crippen molar-refractivity contribution in [3.8, 4) is 23.0 Å². The lowest BCUT2D eigenvalue weighted by molar-refractivity contribution is -0.118. The Morgan fingerprint density at radius 1 is 1.00 bits per heavy atom. The molecule has 9 nitrogen and oxygen atoms in total. The summed E-state index contributed by atoms with van der Waals surface area (Å²) < 4.78 is 20.8. The summed E-state index contributed by atoms with van der Waals surface area (Å²) in [5, 5.41) is 11.1. The summed E-state index contributed by atoms with van der Waals surface area (Å²) in [6, 6.07) is 12.1. The number of carbonyl (C=O) groups is 2. The fourth-order valence-electron chi connectivity index (χ4n) is 2.57. The molecular weight excluding hydrogens is 422 g/mol. The number of benzene rings is 2. The third-order valence-electron chi connectivity index (χ3n) is 4.20. The SMILES string of the molecule is COC(=O)c1ccc(CNC(=O)CSc2nnc(-c3cc(OC)cc(OC)c3)o2)cc1. The maximum absolute atomic E-state index is 12.1. The van der Waals surface area contributed by atoms with Gasteiger partial charge in [0.25, 0.3) is 5.22 Å². The highest BCUT2D eigenvalue weighted by atomic mass is 32.2. The minimum Gasteiger partial charge on any atom is -0.497 e. The Hall–Kier alpha value is -3.53. The van der Waals surface area contributed by atoms with Gasteiger partial charge in [0.1, 0.15) is 11.5 Å². The summed E-state index contributed by atoms with van der Waals surface area (Å²) in [5.41, 5.74) is 1.96. The number of esters is 1. The van der Waals surface area contributed by atoms with Gasteiger partial charge < -0.3 is 23.9 Å². The van der Waals surface area contributed by atoms with Crippen molar-refractivity contribution >= 4 is 23.6 Å². The molecule has 0 aliphatic heterocycles. The molecule has 0 fully saturated rings. The molecule has 0 bridgehead atoms. The van der Waals surface area contributed by atoms with Crippen LogP contribution in [-0.2, 0) is 16.1 Å². The maximum atomic E-state index is 12.1. The number of thioether (sulfide) groups is 1. The van der Waals surface area contributed by atoms with E-state index in [2.05, 4.69) is 20.3 Å². The zero-order chi connectivity index (χ0) is 22.2. The molecule has 0 radical (unpaired) electrons. The van der Waals surface area contributed by atoms with Gasteiger partial charge in [-0.15, -0.1) is 10.2 Å². The molecule has 1 heterocycles. The van der Waals surface area contributed by atoms with Gasteiger partial charge in [-0.1, -0.05) is 23.9 Å². The largest absolute Gasteiger partial charge is 0.497 e. The second-order valence-corrected chi connectivity index (χ2v) is 7.15. The molecule has 0 unspecified atom stereocenters. The highest BCUT2D eigenvalue weighted by Crippen LogP contribution is 2.30. The van der Waals surface area contributed by atoms with E-state index in [1.807, 2.05) is 0 Å². The van der Waals surface area contributed by atoms with Crippen LogP contribution in [-0.4, -0.2) is 49.2 Å². The third-order valence-corrected chi connectivity index (χ3v) is 5.01. The second-order valence-electron chi connectivity index (χ2n) is 6.23. The Labute approximate surface area is 183 Å². The van der Waals surface area contributed by atoms with E-state index in [4.69, 9.17) is 13.9 Å². The van der Waals surface area contributed by atoms with Crippen molar-refractivity contribution in [3.05, 3.63) is 53.6 Å². The monoisotopic (exact) mass is 443 g/mol. The van der Waals surface area contributed by atoms with Crippen molar-refractivity contribution in [1.29, 1.82) is 0 Å². The molecule has 0 saturated carbocycles. The smallest absolute Gasteiger partial charge is 0.337 e. The Balaban J connectivity index is 1.52. The Kier molecular flexibility index (Phi) is 7.50. The zero-order valence-corrected chi connectivity index (χ0v) is 18.0. The number of rotatable bonds is 9. The van der Waals surface area contributed by atoms with Crippen molar-refractivity contribution in [1.82, 2.24) is 15.5 Å². The number of aromatic nitrogens is 2. The van der Waals surface area contributed by atoms with E-state index in [0.29, 0.717) is 35.1 Å². The van der Waals surface area contributed by atoms with E-state index in [9.17, 15) is 9.59 Å². The van der Waals surface area contributed by atoms with Crippen LogP contribution >= 0.6 is 11.8 Å². The molecule has 10 heteroatoms. The van der Waals surface area contributed by atoms with Gasteiger partial charge in [-0.25, -0.2) is 4.79 Å². The van der Waals surface area contributed by atoms with E-state index < -0.39 is 5.97 Å². The first-order valence-electron chi connectivity index (χ1n) is 9.16. The zero-order valence-electron chi connectivity index (χ0n) is 17.2. The molecule has 0 atom stereocenters. The van der Waals surface area contributed by atoms with E-state index in [0.717, 1.165) is 17.3 Å². The average molecular weight is 443 g/mol. The number of carbonyl (C=O) groups excluding carboxylic acids is 2. The second kappa shape index (κ2) is 10.5. The summed E-state index contributed by atoms with van der Waals surface area (Å²) in [6.07, 6.45) is 0. The first-order chi connectivity index (χ1) is 15.0. The molecule has 31 heavy (non-hydrogen) atoms. The third kappa shape index (κ3) is 5.98. The molecule has 1 amide bonds. The quantitative estimate of drug-likeness (QED) is 0.394. The van der Waals surface area contributed by atoms with Crippen LogP contribution in [0.15, 0.2) is 52.1 Å². The number of hydrogen-bond donors (Lipinski definition) is 1. The van der Waals surface area contributed by atoms with Crippen molar-refractivity contribution < 1.29 is 28.2 Å². The highest BCUT2D eigenvalue weighted by molar-refractivity contribution is 7.99. The van der Waals surface area contributed by atoms with Gasteiger partial charge in [0.15, 0.2) is 0 Å². The van der Waals surface area contributed by atoms with Crippen LogP contribution < -0.4 is 14.8 Å². The fourth-order valence-corrected chi connectivity index (χ4v) is 3.16. The lowest BCUT2D eigenvalue weighted by Gasteiger charge is -2.06. The number of nitrogens with zero attached hydrogens (tertiary/aromatic N) is 2. The van der Waals surface area contributed by atoms with E-state index in [-0.39, 0.29) is 16.9 Å². The molecular formula is C21H21N3O6S. The summed E-state index contributed by atoms with van der Waals surface area (Å²) in [6.45, 7) is 0.333. The van der Waals surface area contributed by atoms with Gasteiger partial charge in [0.05, 0.1) is 32.6 Å². The topological polar surface area (TPSA) is 113 Å². The van der Waals surface area contributed by atoms with Gasteiger partial charge in [-0.2, -0.15) is 0 Å². The summed E-state index contributed by atoms with van der Waals surface area (Å²) in [4.78, 5) is 23.6. The molecule has 0 saturated heterocycles. The molecule has 3 aromatic rings. The average Bonchev–Trinajstić information content (AvgIpc) is 3.30. The molecule has 3 rings (SSSR count). The molecule has 1 aromatic heterocycles. The van der Waals surface area contributed by atoms with Gasteiger partial charge >= 0.3 is 5.97 Å². The maximum Gasteiger partial charge on any atom is 0.337 e. The Morgan fingerprint density at radius 3 is 2.29 bits per heavy atom. The minimum atomic E-state index is -0.404. The molecule has 0 aliphatic carbocycles. The van der Waals surface area contributed by atoms with Crippen LogP contribution in [0, 0.1) is 0 Å². The normalized spacial score (nSPS) is 10.4. The van der Waals surface area contributed by atoms with Crippen molar-refractivity contribution in [2.75, 3.05) is 27.1 Å². The van der Waals surface area contributed by atoms with Crippen molar-refractivity contribution in [3.63, 3.8) is 0 Å². The van der Waals surface area contributed by atoms with E-state index in [1.54, 1.807) is 56.7 Å². The first-order valence-corrected chi connectivity index (χ1v) is 10.1. The molecule has 0 aliphatic rings. The van der Waals surface area contributed by atoms with Crippen LogP contribution in [0.5, 0.6) is 11.5 Å². The number of ether oxygens (including phenoxy) is 3. The van der Waals surface area contributed by atoms with Gasteiger partial charge in [0.2, 0.25) is 11.8 Å². The highest BCUT2D eigenvalue weighted by Gasteiger charge is 2.13. The van der Waals surface area contributed by atoms with Crippen LogP contribution in [0.4, 0.5) is 0 Å². The minimum absolute atomic E-state index is 0.114. The lowest BCUT2D eigenvalue weighted by atomic mass is 10.1. The number of methoxy groups -OCH3 is 3. The standard InChI is InChI=1S/C21H21N3O6S/c1-27-16-8-15(9-17(10-16)28-2)19-23-24-21(30-19)31-12-18(25)22-11-13-4-6-14(7-5-13)20(26)29-3/h4-10H,11-12H2,1-3H3,(H,22,25). The Bertz CT molecular complexity index is 1030. The molecule has 1 N–H and O–H groups in total. The predicted octanol–water partition coefficient (Wildman–Crippen LogP) is 2.95. The summed E-state index contributed by atoms with van der Waals surface area (Å²) in [5.74, 6) is 1.01. The van der Waals surface area contributed by atoms with Gasteiger partial charge in [-0.05, 0) is 29.8 Å². The number of hydrogen-bond acceptors (Lipinski definition) is 9. The predicted molar refractivity (Wildman–Crippen MR) is 113 cm³/mol. The molecule has 2 aromatic carbocycles. The van der Waals surface area contributed by atoms with Crippen molar-refractivity contribution in [2.45, 2.75) is 11.8 Å². The van der Waals surface area contributed by atoms with E-state index >= 15 is 0 Å². The summed E-state index contributed by atoms with van der Waals surface area (Å²) in [7, 11) is 4.44. The number of nitrogens with one attached hydrogen (secondary N) is 1. The van der Waals surface area contributed by atoms with Crippen molar-refractivity contribution in [2.24, 2.45) is 0 Å². The van der Waals surface area contributed by atoms with Crippen LogP contribution in [0.2, 0.25) is 0 Å². The Morgan fingerprint density at radius 2 is 1.68 bits per heavy atom. The lowest BCUT2D eigenvalue weighted by Crippen LogP contribution is -2.24. The first kappa shape index (κ1) is 22.2. The van der Waals surface area contributed by atoms with Crippen LogP contribution in [0.25, 0.3) is 11.5 Å². The fraction of sp³-hybridized carbons (Fsp3) is 0.238.